The molecule has 12 heteroatoms. The Morgan fingerprint density at radius 3 is 1.26 bits per heavy atom. The summed E-state index contributed by atoms with van der Waals surface area (Å²) in [6, 6.07) is 0. The van der Waals surface area contributed by atoms with Gasteiger partial charge in [0.25, 0.3) is 0 Å². The molecular weight excluding hydrogens is 402 g/mol. The van der Waals surface area contributed by atoms with Crippen LogP contribution in [0.25, 0.3) is 0 Å². The largest absolute Gasteiger partial charge is 0.474 e. The standard InChI is InChI=1S/C11H26O10P2.4CH4/c1-4-16-22(13,18-7-6-12)20-10-11-21-23(14,17-5-2)19-9-8-15-3;;;;/h12H,4-11H2,1-3H3;4*1H4. The average molecular weight is 444 g/mol. The van der Waals surface area contributed by atoms with E-state index < -0.39 is 15.6 Å². The summed E-state index contributed by atoms with van der Waals surface area (Å²) in [5.74, 6) is 0. The van der Waals surface area contributed by atoms with E-state index in [4.69, 9.17) is 37.0 Å². The Bertz CT molecular complexity index is 382. The number of phosphoric ester groups is 2. The topological polar surface area (TPSA) is 119 Å². The van der Waals surface area contributed by atoms with Crippen molar-refractivity contribution in [2.75, 3.05) is 60.0 Å². The van der Waals surface area contributed by atoms with E-state index in [1.54, 1.807) is 13.8 Å². The van der Waals surface area contributed by atoms with Gasteiger partial charge in [-0.2, -0.15) is 0 Å². The molecule has 1 N–H and O–H groups in total. The van der Waals surface area contributed by atoms with Crippen molar-refractivity contribution in [3.8, 4) is 0 Å². The minimum Gasteiger partial charge on any atom is -0.394 e. The van der Waals surface area contributed by atoms with Crippen molar-refractivity contribution in [1.82, 2.24) is 0 Å². The average Bonchev–Trinajstić information content (AvgIpc) is 2.51. The lowest BCUT2D eigenvalue weighted by Crippen LogP contribution is -2.10. The fourth-order valence-corrected chi connectivity index (χ4v) is 3.50. The molecule has 0 aliphatic heterocycles. The third-order valence-electron chi connectivity index (χ3n) is 2.03. The van der Waals surface area contributed by atoms with Crippen LogP contribution < -0.4 is 0 Å². The third kappa shape index (κ3) is 19.2. The van der Waals surface area contributed by atoms with Crippen molar-refractivity contribution in [3.05, 3.63) is 0 Å². The molecule has 0 saturated carbocycles. The molecular formula is C15H42O10P2. The predicted octanol–water partition coefficient (Wildman–Crippen LogP) is 4.53. The molecule has 2 unspecified atom stereocenters. The van der Waals surface area contributed by atoms with Crippen LogP contribution in [-0.4, -0.2) is 65.1 Å². The van der Waals surface area contributed by atoms with Crippen LogP contribution in [0.1, 0.15) is 43.6 Å². The maximum atomic E-state index is 12.2. The first-order valence-corrected chi connectivity index (χ1v) is 10.0. The van der Waals surface area contributed by atoms with Crippen molar-refractivity contribution in [2.24, 2.45) is 0 Å². The summed E-state index contributed by atoms with van der Waals surface area (Å²) in [5, 5.41) is 8.68. The van der Waals surface area contributed by atoms with Gasteiger partial charge in [0.2, 0.25) is 0 Å². The van der Waals surface area contributed by atoms with Gasteiger partial charge in [-0.15, -0.1) is 0 Å². The first-order chi connectivity index (χ1) is 10.9. The minimum absolute atomic E-state index is 0. The number of hydrogen-bond donors (Lipinski definition) is 1. The predicted molar refractivity (Wildman–Crippen MR) is 108 cm³/mol. The summed E-state index contributed by atoms with van der Waals surface area (Å²) in [6.45, 7) is 2.76. The zero-order valence-corrected chi connectivity index (χ0v) is 15.5. The lowest BCUT2D eigenvalue weighted by Gasteiger charge is -2.19. The highest BCUT2D eigenvalue weighted by Crippen LogP contribution is 2.51. The van der Waals surface area contributed by atoms with Gasteiger partial charge in [0, 0.05) is 7.11 Å². The fraction of sp³-hybridized carbons (Fsp3) is 1.00. The Morgan fingerprint density at radius 1 is 0.630 bits per heavy atom. The molecule has 0 aromatic rings. The van der Waals surface area contributed by atoms with Gasteiger partial charge in [-0.3, -0.25) is 27.1 Å². The molecule has 0 saturated heterocycles. The van der Waals surface area contributed by atoms with Gasteiger partial charge in [-0.1, -0.05) is 29.7 Å². The monoisotopic (exact) mass is 444 g/mol. The number of hydrogen-bond acceptors (Lipinski definition) is 10. The maximum Gasteiger partial charge on any atom is 0.474 e. The Kier molecular flexibility index (Phi) is 31.4. The molecule has 0 heterocycles. The molecule has 2 atom stereocenters. The van der Waals surface area contributed by atoms with E-state index in [1.165, 1.54) is 7.11 Å². The second-order valence-corrected chi connectivity index (χ2v) is 7.12. The van der Waals surface area contributed by atoms with Crippen molar-refractivity contribution in [1.29, 1.82) is 0 Å². The van der Waals surface area contributed by atoms with Crippen LogP contribution in [0.3, 0.4) is 0 Å². The van der Waals surface area contributed by atoms with E-state index >= 15 is 0 Å². The second kappa shape index (κ2) is 22.4. The lowest BCUT2D eigenvalue weighted by molar-refractivity contribution is 0.0627. The smallest absolute Gasteiger partial charge is 0.394 e. The summed E-state index contributed by atoms with van der Waals surface area (Å²) in [6.07, 6.45) is 0. The summed E-state index contributed by atoms with van der Waals surface area (Å²) >= 11 is 0. The molecule has 0 radical (unpaired) electrons. The molecule has 0 amide bonds. The van der Waals surface area contributed by atoms with E-state index in [-0.39, 0.29) is 82.6 Å². The lowest BCUT2D eigenvalue weighted by atomic mass is 10.8. The molecule has 0 spiro atoms. The molecule has 0 rings (SSSR count). The Hall–Kier alpha value is 0.140. The minimum atomic E-state index is -3.79. The van der Waals surface area contributed by atoms with Gasteiger partial charge in [0.1, 0.15) is 0 Å². The Labute approximate surface area is 166 Å². The molecule has 0 fully saturated rings. The third-order valence-corrected chi connectivity index (χ3v) is 5.18. The molecule has 0 bridgehead atoms. The Morgan fingerprint density at radius 2 is 0.963 bits per heavy atom. The molecule has 0 aromatic carbocycles. The SMILES string of the molecule is C.C.C.C.CCOP(=O)(OCCO)OCCOP(=O)(OCC)OCCOC. The van der Waals surface area contributed by atoms with E-state index in [1.807, 2.05) is 0 Å². The van der Waals surface area contributed by atoms with Crippen molar-refractivity contribution >= 4 is 15.6 Å². The van der Waals surface area contributed by atoms with Gasteiger partial charge in [0.15, 0.2) is 0 Å². The summed E-state index contributed by atoms with van der Waals surface area (Å²) in [5.41, 5.74) is 0. The number of aliphatic hydroxyl groups is 1. The number of rotatable bonds is 16. The van der Waals surface area contributed by atoms with E-state index in [2.05, 4.69) is 0 Å². The van der Waals surface area contributed by atoms with Gasteiger partial charge < -0.3 is 9.84 Å². The van der Waals surface area contributed by atoms with E-state index in [0.29, 0.717) is 0 Å². The number of ether oxygens (including phenoxy) is 1. The molecule has 10 nitrogen and oxygen atoms in total. The van der Waals surface area contributed by atoms with Crippen LogP contribution in [0.5, 0.6) is 0 Å². The number of phosphoric acid groups is 2. The van der Waals surface area contributed by atoms with Crippen LogP contribution in [-0.2, 0) is 41.0 Å². The highest BCUT2D eigenvalue weighted by molar-refractivity contribution is 7.48. The van der Waals surface area contributed by atoms with Crippen molar-refractivity contribution in [2.45, 2.75) is 43.6 Å². The van der Waals surface area contributed by atoms with Gasteiger partial charge in [-0.05, 0) is 13.8 Å². The highest BCUT2D eigenvalue weighted by atomic mass is 31.2. The first kappa shape index (κ1) is 37.8. The van der Waals surface area contributed by atoms with Gasteiger partial charge >= 0.3 is 15.6 Å². The summed E-state index contributed by atoms with van der Waals surface area (Å²) in [4.78, 5) is 0. The highest BCUT2D eigenvalue weighted by Gasteiger charge is 2.28. The molecule has 27 heavy (non-hydrogen) atoms. The van der Waals surface area contributed by atoms with Crippen LogP contribution in [0.4, 0.5) is 0 Å². The molecule has 0 aliphatic carbocycles. The quantitative estimate of drug-likeness (QED) is 0.269. The number of methoxy groups -OCH3 is 1. The summed E-state index contributed by atoms with van der Waals surface area (Å²) < 4.78 is 58.7. The van der Waals surface area contributed by atoms with Gasteiger partial charge in [0.05, 0.1) is 52.9 Å². The summed E-state index contributed by atoms with van der Waals surface area (Å²) in [7, 11) is -6.06. The zero-order chi connectivity index (χ0) is 17.6. The maximum absolute atomic E-state index is 12.2. The van der Waals surface area contributed by atoms with Crippen molar-refractivity contribution < 1.29 is 46.1 Å². The fourth-order valence-electron chi connectivity index (χ4n) is 1.22. The van der Waals surface area contributed by atoms with Crippen LogP contribution in [0.2, 0.25) is 0 Å². The van der Waals surface area contributed by atoms with E-state index in [9.17, 15) is 9.13 Å². The zero-order valence-electron chi connectivity index (χ0n) is 13.7. The van der Waals surface area contributed by atoms with E-state index in [0.717, 1.165) is 0 Å². The van der Waals surface area contributed by atoms with Crippen LogP contribution >= 0.6 is 15.6 Å². The first-order valence-electron chi connectivity index (χ1n) is 7.12. The van der Waals surface area contributed by atoms with Gasteiger partial charge in [-0.25, -0.2) is 9.13 Å². The molecule has 172 valence electrons. The molecule has 0 aliphatic rings. The number of aliphatic hydroxyl groups excluding tert-OH is 1. The molecule has 0 aromatic heterocycles. The van der Waals surface area contributed by atoms with Crippen LogP contribution in [0.15, 0.2) is 0 Å². The normalized spacial score (nSPS) is 14.4. The Balaban J connectivity index is -0.000000403. The van der Waals surface area contributed by atoms with Crippen LogP contribution in [0, 0.1) is 0 Å². The second-order valence-electron chi connectivity index (χ2n) is 3.78. The van der Waals surface area contributed by atoms with Crippen molar-refractivity contribution in [3.63, 3.8) is 0 Å².